The number of hydrogen-bond acceptors (Lipinski definition) is 5. The molecule has 0 amide bonds. The van der Waals surface area contributed by atoms with Gasteiger partial charge in [-0.05, 0) is 36.8 Å². The summed E-state index contributed by atoms with van der Waals surface area (Å²) in [7, 11) is 0. The molecule has 22 heavy (non-hydrogen) atoms. The van der Waals surface area contributed by atoms with E-state index in [0.29, 0.717) is 29.5 Å². The molecule has 0 spiro atoms. The molecular formula is C15H12FN3O2S. The Hall–Kier alpha value is -2.33. The van der Waals surface area contributed by atoms with Crippen LogP contribution in [-0.4, -0.2) is 22.8 Å². The summed E-state index contributed by atoms with van der Waals surface area (Å²) in [5.74, 6) is 0.0743. The van der Waals surface area contributed by atoms with Crippen molar-refractivity contribution in [1.29, 1.82) is 5.26 Å². The smallest absolute Gasteiger partial charge is 0.270 e. The molecule has 112 valence electrons. The Bertz CT molecular complexity index is 842. The van der Waals surface area contributed by atoms with Crippen molar-refractivity contribution < 1.29 is 9.13 Å². The number of aromatic amines is 1. The van der Waals surface area contributed by atoms with Gasteiger partial charge in [0.15, 0.2) is 5.16 Å². The predicted molar refractivity (Wildman–Crippen MR) is 80.6 cm³/mol. The average Bonchev–Trinajstić information content (AvgIpc) is 2.53. The second-order valence-electron chi connectivity index (χ2n) is 4.80. The van der Waals surface area contributed by atoms with Crippen molar-refractivity contribution in [2.45, 2.75) is 18.0 Å². The molecule has 0 radical (unpaired) electrons. The molecule has 1 N–H and O–H groups in total. The monoisotopic (exact) mass is 317 g/mol. The van der Waals surface area contributed by atoms with E-state index in [1.165, 1.54) is 23.9 Å². The van der Waals surface area contributed by atoms with Gasteiger partial charge in [-0.1, -0.05) is 11.8 Å². The lowest BCUT2D eigenvalue weighted by atomic mass is 9.98. The molecule has 7 heteroatoms. The molecule has 1 aliphatic heterocycles. The molecule has 5 nitrogen and oxygen atoms in total. The lowest BCUT2D eigenvalue weighted by molar-refractivity contribution is 0.289. The molecule has 2 heterocycles. The minimum atomic E-state index is -0.536. The van der Waals surface area contributed by atoms with Gasteiger partial charge in [-0.15, -0.1) is 0 Å². The molecule has 1 aromatic carbocycles. The van der Waals surface area contributed by atoms with Crippen LogP contribution in [0.4, 0.5) is 4.39 Å². The van der Waals surface area contributed by atoms with E-state index in [2.05, 4.69) is 9.97 Å². The van der Waals surface area contributed by atoms with E-state index in [0.717, 1.165) is 12.0 Å². The first kappa shape index (κ1) is 14.6. The first-order chi connectivity index (χ1) is 10.6. The molecule has 0 saturated heterocycles. The minimum Gasteiger partial charge on any atom is -0.493 e. The maximum absolute atomic E-state index is 13.9. The Balaban J connectivity index is 2.32. The van der Waals surface area contributed by atoms with Gasteiger partial charge in [0.2, 0.25) is 0 Å². The molecule has 0 fully saturated rings. The normalized spacial score (nSPS) is 13.1. The van der Waals surface area contributed by atoms with Gasteiger partial charge in [0, 0.05) is 5.56 Å². The van der Waals surface area contributed by atoms with E-state index in [-0.39, 0.29) is 11.3 Å². The Kier molecular flexibility index (Phi) is 3.86. The molecule has 0 unspecified atom stereocenters. The van der Waals surface area contributed by atoms with Crippen molar-refractivity contribution in [1.82, 2.24) is 9.97 Å². The minimum absolute atomic E-state index is 0.139. The quantitative estimate of drug-likeness (QED) is 0.680. The molecule has 1 aromatic heterocycles. The Morgan fingerprint density at radius 2 is 2.32 bits per heavy atom. The number of H-pyrrole nitrogens is 1. The van der Waals surface area contributed by atoms with Crippen LogP contribution >= 0.6 is 11.8 Å². The number of rotatable bonds is 2. The summed E-state index contributed by atoms with van der Waals surface area (Å²) in [6.07, 6.45) is 3.26. The summed E-state index contributed by atoms with van der Waals surface area (Å²) in [6.45, 7) is 0.520. The highest BCUT2D eigenvalue weighted by molar-refractivity contribution is 7.98. The lowest BCUT2D eigenvalue weighted by Gasteiger charge is -2.20. The van der Waals surface area contributed by atoms with Crippen molar-refractivity contribution >= 4 is 11.8 Å². The van der Waals surface area contributed by atoms with E-state index >= 15 is 0 Å². The maximum Gasteiger partial charge on any atom is 0.270 e. The largest absolute Gasteiger partial charge is 0.493 e. The maximum atomic E-state index is 13.9. The van der Waals surface area contributed by atoms with E-state index in [1.807, 2.05) is 6.07 Å². The first-order valence-electron chi connectivity index (χ1n) is 6.68. The van der Waals surface area contributed by atoms with Gasteiger partial charge in [0.25, 0.3) is 5.56 Å². The van der Waals surface area contributed by atoms with Crippen LogP contribution in [0.2, 0.25) is 0 Å². The van der Waals surface area contributed by atoms with Gasteiger partial charge in [-0.3, -0.25) is 4.79 Å². The molecule has 0 aliphatic carbocycles. The lowest BCUT2D eigenvalue weighted by Crippen LogP contribution is -2.16. The van der Waals surface area contributed by atoms with Crippen LogP contribution in [0.25, 0.3) is 11.3 Å². The number of aryl methyl sites for hydroxylation is 1. The summed E-state index contributed by atoms with van der Waals surface area (Å²) in [6, 6.07) is 4.53. The fraction of sp³-hybridized carbons (Fsp3) is 0.267. The molecule has 3 rings (SSSR count). The van der Waals surface area contributed by atoms with Gasteiger partial charge in [-0.25, -0.2) is 9.37 Å². The van der Waals surface area contributed by atoms with Gasteiger partial charge in [0.1, 0.15) is 28.9 Å². The Labute approximate surface area is 130 Å². The van der Waals surface area contributed by atoms with Crippen LogP contribution in [-0.2, 0) is 6.42 Å². The van der Waals surface area contributed by atoms with Gasteiger partial charge < -0.3 is 9.72 Å². The van der Waals surface area contributed by atoms with Crippen LogP contribution < -0.4 is 10.3 Å². The topological polar surface area (TPSA) is 78.8 Å². The van der Waals surface area contributed by atoms with Crippen LogP contribution in [0.15, 0.2) is 22.1 Å². The second kappa shape index (κ2) is 5.81. The summed E-state index contributed by atoms with van der Waals surface area (Å²) in [5.41, 5.74) is 0.573. The number of fused-ring (bicyclic) bond motifs is 1. The zero-order chi connectivity index (χ0) is 15.7. The highest BCUT2D eigenvalue weighted by atomic mass is 32.2. The molecule has 2 aromatic rings. The van der Waals surface area contributed by atoms with Gasteiger partial charge in [-0.2, -0.15) is 5.26 Å². The summed E-state index contributed by atoms with van der Waals surface area (Å²) < 4.78 is 19.5. The standard InChI is InChI=1S/C15H12FN3O2S/c1-22-15-18-12(11(7-17)14(20)19-15)10-6-9(16)5-8-3-2-4-21-13(8)10/h5-6H,2-4H2,1H3,(H,18,19,20). The van der Waals surface area contributed by atoms with Gasteiger partial charge in [0.05, 0.1) is 6.61 Å². The fourth-order valence-electron chi connectivity index (χ4n) is 2.47. The van der Waals surface area contributed by atoms with Crippen LogP contribution in [0.3, 0.4) is 0 Å². The Morgan fingerprint density at radius 3 is 3.05 bits per heavy atom. The first-order valence-corrected chi connectivity index (χ1v) is 7.90. The number of aromatic nitrogens is 2. The van der Waals surface area contributed by atoms with Crippen LogP contribution in [0.5, 0.6) is 5.75 Å². The molecule has 0 saturated carbocycles. The molecule has 1 aliphatic rings. The van der Waals surface area contributed by atoms with E-state index < -0.39 is 11.4 Å². The number of benzene rings is 1. The average molecular weight is 317 g/mol. The van der Waals surface area contributed by atoms with Crippen LogP contribution in [0, 0.1) is 17.1 Å². The zero-order valence-corrected chi connectivity index (χ0v) is 12.6. The summed E-state index contributed by atoms with van der Waals surface area (Å²) >= 11 is 1.24. The molecule has 0 atom stereocenters. The molecule has 0 bridgehead atoms. The zero-order valence-electron chi connectivity index (χ0n) is 11.8. The van der Waals surface area contributed by atoms with Crippen molar-refractivity contribution in [2.24, 2.45) is 0 Å². The number of nitrogens with zero attached hydrogens (tertiary/aromatic N) is 2. The second-order valence-corrected chi connectivity index (χ2v) is 5.60. The van der Waals surface area contributed by atoms with Crippen molar-refractivity contribution in [3.8, 4) is 23.1 Å². The number of halogens is 1. The van der Waals surface area contributed by atoms with E-state index in [1.54, 1.807) is 6.26 Å². The van der Waals surface area contributed by atoms with Crippen LogP contribution in [0.1, 0.15) is 17.5 Å². The number of ether oxygens (including phenoxy) is 1. The van der Waals surface area contributed by atoms with Crippen molar-refractivity contribution in [2.75, 3.05) is 12.9 Å². The summed E-state index contributed by atoms with van der Waals surface area (Å²) in [5, 5.41) is 9.61. The van der Waals surface area contributed by atoms with Crippen molar-refractivity contribution in [3.05, 3.63) is 39.4 Å². The van der Waals surface area contributed by atoms with Crippen molar-refractivity contribution in [3.63, 3.8) is 0 Å². The highest BCUT2D eigenvalue weighted by Crippen LogP contribution is 2.37. The third-order valence-corrected chi connectivity index (χ3v) is 4.01. The Morgan fingerprint density at radius 1 is 1.50 bits per heavy atom. The third-order valence-electron chi connectivity index (χ3n) is 3.43. The number of hydrogen-bond donors (Lipinski definition) is 1. The van der Waals surface area contributed by atoms with Gasteiger partial charge >= 0.3 is 0 Å². The number of nitriles is 1. The molecular weight excluding hydrogens is 305 g/mol. The number of thioether (sulfide) groups is 1. The SMILES string of the molecule is CSc1nc(-c2cc(F)cc3c2OCCC3)c(C#N)c(=O)[nH]1. The highest BCUT2D eigenvalue weighted by Gasteiger charge is 2.22. The fourth-order valence-corrected chi connectivity index (χ4v) is 2.84. The van der Waals surface area contributed by atoms with E-state index in [9.17, 15) is 14.4 Å². The van der Waals surface area contributed by atoms with E-state index in [4.69, 9.17) is 4.74 Å². The third kappa shape index (κ3) is 2.46. The summed E-state index contributed by atoms with van der Waals surface area (Å²) in [4.78, 5) is 18.8. The predicted octanol–water partition coefficient (Wildman–Crippen LogP) is 2.49. The number of nitrogens with one attached hydrogen (secondary N) is 1.